The Balaban J connectivity index is 2.04. The number of carboxylic acid groups (broad SMARTS) is 1. The first-order valence-electron chi connectivity index (χ1n) is 5.70. The zero-order valence-electron chi connectivity index (χ0n) is 9.80. The monoisotopic (exact) mass is 252 g/mol. The van der Waals surface area contributed by atoms with Crippen molar-refractivity contribution in [1.82, 2.24) is 9.88 Å². The molecule has 4 nitrogen and oxygen atoms in total. The number of nitrogens with zero attached hydrogens (tertiary/aromatic N) is 2. The van der Waals surface area contributed by atoms with Gasteiger partial charge in [-0.2, -0.15) is 0 Å². The summed E-state index contributed by atoms with van der Waals surface area (Å²) in [4.78, 5) is 17.2. The average Bonchev–Trinajstić information content (AvgIpc) is 2.75. The van der Waals surface area contributed by atoms with Crippen molar-refractivity contribution in [3.63, 3.8) is 0 Å². The van der Waals surface area contributed by atoms with Crippen LogP contribution in [0.1, 0.15) is 29.5 Å². The van der Waals surface area contributed by atoms with Crippen LogP contribution in [0.3, 0.4) is 0 Å². The largest absolute Gasteiger partial charge is 0.478 e. The standard InChI is InChI=1S/C12H16N2O2S/c1-14-6-2-3-9(7-14)10-8-17-11(13-10)4-5-12(15)16/h4-5,8-9H,2-3,6-7H2,1H3,(H,15,16)/b5-4+. The number of aliphatic carboxylic acids is 1. The molecule has 0 aliphatic carbocycles. The van der Waals surface area contributed by atoms with Crippen molar-refractivity contribution in [3.05, 3.63) is 22.2 Å². The lowest BCUT2D eigenvalue weighted by molar-refractivity contribution is -0.131. The number of carbonyl (C=O) groups is 1. The molecule has 1 unspecified atom stereocenters. The van der Waals surface area contributed by atoms with Gasteiger partial charge < -0.3 is 10.0 Å². The van der Waals surface area contributed by atoms with Crippen molar-refractivity contribution in [2.75, 3.05) is 20.1 Å². The van der Waals surface area contributed by atoms with E-state index in [0.717, 1.165) is 29.9 Å². The second kappa shape index (κ2) is 5.42. The molecule has 1 aliphatic heterocycles. The quantitative estimate of drug-likeness (QED) is 0.837. The van der Waals surface area contributed by atoms with Crippen molar-refractivity contribution in [3.8, 4) is 0 Å². The van der Waals surface area contributed by atoms with E-state index in [1.165, 1.54) is 24.2 Å². The normalized spacial score (nSPS) is 22.1. The first kappa shape index (κ1) is 12.3. The molecule has 0 aromatic carbocycles. The molecule has 1 atom stereocenters. The fraction of sp³-hybridized carbons (Fsp3) is 0.500. The molecule has 2 heterocycles. The number of likely N-dealkylation sites (N-methyl/N-ethyl adjacent to an activating group) is 1. The van der Waals surface area contributed by atoms with E-state index < -0.39 is 5.97 Å². The van der Waals surface area contributed by atoms with E-state index in [1.54, 1.807) is 6.08 Å². The maximum Gasteiger partial charge on any atom is 0.328 e. The molecule has 1 fully saturated rings. The predicted molar refractivity (Wildman–Crippen MR) is 68.3 cm³/mol. The highest BCUT2D eigenvalue weighted by Crippen LogP contribution is 2.27. The zero-order chi connectivity index (χ0) is 12.3. The summed E-state index contributed by atoms with van der Waals surface area (Å²) in [5, 5.41) is 11.4. The van der Waals surface area contributed by atoms with Crippen LogP contribution in [0.25, 0.3) is 6.08 Å². The van der Waals surface area contributed by atoms with Gasteiger partial charge in [0, 0.05) is 23.9 Å². The summed E-state index contributed by atoms with van der Waals surface area (Å²) in [6, 6.07) is 0. The van der Waals surface area contributed by atoms with Gasteiger partial charge in [-0.1, -0.05) is 0 Å². The Labute approximate surface area is 105 Å². The van der Waals surface area contributed by atoms with Gasteiger partial charge in [-0.25, -0.2) is 9.78 Å². The van der Waals surface area contributed by atoms with Gasteiger partial charge in [-0.05, 0) is 32.5 Å². The minimum absolute atomic E-state index is 0.497. The zero-order valence-corrected chi connectivity index (χ0v) is 10.6. The summed E-state index contributed by atoms with van der Waals surface area (Å²) in [6.07, 6.45) is 5.08. The second-order valence-electron chi connectivity index (χ2n) is 4.38. The first-order valence-corrected chi connectivity index (χ1v) is 6.58. The van der Waals surface area contributed by atoms with Gasteiger partial charge in [-0.15, -0.1) is 11.3 Å². The number of likely N-dealkylation sites (tertiary alicyclic amines) is 1. The molecule has 1 aromatic heterocycles. The first-order chi connectivity index (χ1) is 8.15. The molecular weight excluding hydrogens is 236 g/mol. The molecule has 0 spiro atoms. The Morgan fingerprint density at radius 2 is 2.53 bits per heavy atom. The number of rotatable bonds is 3. The van der Waals surface area contributed by atoms with Gasteiger partial charge in [0.05, 0.1) is 5.69 Å². The summed E-state index contributed by atoms with van der Waals surface area (Å²) >= 11 is 1.51. The highest BCUT2D eigenvalue weighted by Gasteiger charge is 2.20. The van der Waals surface area contributed by atoms with Gasteiger partial charge in [0.2, 0.25) is 0 Å². The van der Waals surface area contributed by atoms with Crippen molar-refractivity contribution in [2.24, 2.45) is 0 Å². The topological polar surface area (TPSA) is 53.4 Å². The van der Waals surface area contributed by atoms with Crippen molar-refractivity contribution < 1.29 is 9.90 Å². The van der Waals surface area contributed by atoms with E-state index in [1.807, 2.05) is 5.38 Å². The maximum atomic E-state index is 10.4. The van der Waals surface area contributed by atoms with E-state index in [2.05, 4.69) is 16.9 Å². The number of piperidine rings is 1. The minimum Gasteiger partial charge on any atom is -0.478 e. The van der Waals surface area contributed by atoms with E-state index >= 15 is 0 Å². The van der Waals surface area contributed by atoms with Crippen LogP contribution in [0.5, 0.6) is 0 Å². The van der Waals surface area contributed by atoms with Gasteiger partial charge in [0.1, 0.15) is 5.01 Å². The fourth-order valence-corrected chi connectivity index (χ4v) is 2.91. The molecule has 0 radical (unpaired) electrons. The van der Waals surface area contributed by atoms with Crippen molar-refractivity contribution in [2.45, 2.75) is 18.8 Å². The van der Waals surface area contributed by atoms with E-state index in [9.17, 15) is 4.79 Å². The molecule has 0 amide bonds. The molecule has 0 saturated carbocycles. The third-order valence-corrected chi connectivity index (χ3v) is 3.78. The highest BCUT2D eigenvalue weighted by molar-refractivity contribution is 7.10. The maximum absolute atomic E-state index is 10.4. The summed E-state index contributed by atoms with van der Waals surface area (Å²) in [5.41, 5.74) is 1.10. The van der Waals surface area contributed by atoms with E-state index in [4.69, 9.17) is 5.11 Å². The molecule has 1 aliphatic rings. The third-order valence-electron chi connectivity index (χ3n) is 2.95. The van der Waals surface area contributed by atoms with Crippen LogP contribution in [-0.4, -0.2) is 41.1 Å². The Hall–Kier alpha value is -1.20. The van der Waals surface area contributed by atoms with Crippen LogP contribution >= 0.6 is 11.3 Å². The molecule has 5 heteroatoms. The Morgan fingerprint density at radius 3 is 3.24 bits per heavy atom. The number of hydrogen-bond donors (Lipinski definition) is 1. The summed E-state index contributed by atoms with van der Waals surface area (Å²) < 4.78 is 0. The Morgan fingerprint density at radius 1 is 1.71 bits per heavy atom. The molecule has 92 valence electrons. The number of carboxylic acids is 1. The highest BCUT2D eigenvalue weighted by atomic mass is 32.1. The average molecular weight is 252 g/mol. The summed E-state index contributed by atoms with van der Waals surface area (Å²) in [7, 11) is 2.13. The second-order valence-corrected chi connectivity index (χ2v) is 5.27. The van der Waals surface area contributed by atoms with Crippen LogP contribution in [0.15, 0.2) is 11.5 Å². The van der Waals surface area contributed by atoms with Crippen LogP contribution in [-0.2, 0) is 4.79 Å². The lowest BCUT2D eigenvalue weighted by Crippen LogP contribution is -2.30. The van der Waals surface area contributed by atoms with Crippen molar-refractivity contribution in [1.29, 1.82) is 0 Å². The fourth-order valence-electron chi connectivity index (χ4n) is 2.12. The molecule has 1 aromatic rings. The lowest BCUT2D eigenvalue weighted by Gasteiger charge is -2.28. The summed E-state index contributed by atoms with van der Waals surface area (Å²) in [5.74, 6) is -0.434. The van der Waals surface area contributed by atoms with E-state index in [-0.39, 0.29) is 0 Å². The van der Waals surface area contributed by atoms with Crippen LogP contribution in [0.2, 0.25) is 0 Å². The minimum atomic E-state index is -0.931. The molecular formula is C12H16N2O2S. The number of hydrogen-bond acceptors (Lipinski definition) is 4. The van der Waals surface area contributed by atoms with Gasteiger partial charge in [-0.3, -0.25) is 0 Å². The smallest absolute Gasteiger partial charge is 0.328 e. The molecule has 17 heavy (non-hydrogen) atoms. The SMILES string of the molecule is CN1CCCC(c2csc(/C=C/C(=O)O)n2)C1. The number of thiazole rings is 1. The Kier molecular flexibility index (Phi) is 3.91. The third kappa shape index (κ3) is 3.38. The van der Waals surface area contributed by atoms with Gasteiger partial charge >= 0.3 is 5.97 Å². The molecule has 0 bridgehead atoms. The van der Waals surface area contributed by atoms with Gasteiger partial charge in [0.15, 0.2) is 0 Å². The van der Waals surface area contributed by atoms with Crippen LogP contribution in [0.4, 0.5) is 0 Å². The van der Waals surface area contributed by atoms with Crippen LogP contribution < -0.4 is 0 Å². The lowest BCUT2D eigenvalue weighted by atomic mass is 9.96. The predicted octanol–water partition coefficient (Wildman–Crippen LogP) is 2.05. The van der Waals surface area contributed by atoms with Crippen LogP contribution in [0, 0.1) is 0 Å². The number of aromatic nitrogens is 1. The summed E-state index contributed by atoms with van der Waals surface area (Å²) in [6.45, 7) is 2.21. The van der Waals surface area contributed by atoms with Gasteiger partial charge in [0.25, 0.3) is 0 Å². The van der Waals surface area contributed by atoms with E-state index in [0.29, 0.717) is 5.92 Å². The van der Waals surface area contributed by atoms with Crippen molar-refractivity contribution >= 4 is 23.4 Å². The molecule has 2 rings (SSSR count). The Bertz CT molecular complexity index is 428. The molecule has 1 saturated heterocycles. The molecule has 1 N–H and O–H groups in total.